The van der Waals surface area contributed by atoms with Crippen molar-refractivity contribution in [2.45, 2.75) is 0 Å². The minimum absolute atomic E-state index is 0.0783. The lowest BCUT2D eigenvalue weighted by Gasteiger charge is -2.08. The summed E-state index contributed by atoms with van der Waals surface area (Å²) in [6.07, 6.45) is 1.49. The number of benzene rings is 2. The van der Waals surface area contributed by atoms with Gasteiger partial charge in [-0.3, -0.25) is 4.79 Å². The topological polar surface area (TPSA) is 81.9 Å². The number of halogens is 1. The molecule has 0 aliphatic carbocycles. The van der Waals surface area contributed by atoms with E-state index in [-0.39, 0.29) is 12.5 Å². The van der Waals surface area contributed by atoms with E-state index in [9.17, 15) is 4.79 Å². The SMILES string of the molecule is O=C(COc1cccc(-n2cnnn2)c1)Nc1ccc(I)cc1. The molecule has 0 saturated carbocycles. The van der Waals surface area contributed by atoms with Crippen molar-refractivity contribution in [3.05, 3.63) is 58.4 Å². The molecule has 8 heteroatoms. The van der Waals surface area contributed by atoms with Crippen molar-refractivity contribution in [2.24, 2.45) is 0 Å². The second-order valence-corrected chi connectivity index (χ2v) is 5.84. The lowest BCUT2D eigenvalue weighted by molar-refractivity contribution is -0.118. The van der Waals surface area contributed by atoms with Crippen LogP contribution in [0.5, 0.6) is 5.75 Å². The Balaban J connectivity index is 1.58. The Labute approximate surface area is 145 Å². The van der Waals surface area contributed by atoms with Gasteiger partial charge in [-0.05, 0) is 69.4 Å². The average Bonchev–Trinajstić information content (AvgIpc) is 3.10. The van der Waals surface area contributed by atoms with Crippen molar-refractivity contribution in [3.8, 4) is 11.4 Å². The molecule has 1 aromatic heterocycles. The first kappa shape index (κ1) is 15.4. The number of tetrazole rings is 1. The zero-order valence-corrected chi connectivity index (χ0v) is 14.0. The molecule has 2 aromatic carbocycles. The summed E-state index contributed by atoms with van der Waals surface area (Å²) >= 11 is 2.21. The molecule has 0 spiro atoms. The maximum atomic E-state index is 11.9. The van der Waals surface area contributed by atoms with Gasteiger partial charge in [0.25, 0.3) is 5.91 Å². The van der Waals surface area contributed by atoms with Gasteiger partial charge < -0.3 is 10.1 Å². The predicted octanol–water partition coefficient (Wildman–Crippen LogP) is 2.28. The summed E-state index contributed by atoms with van der Waals surface area (Å²) in [5, 5.41) is 13.7. The molecule has 0 fully saturated rings. The standard InChI is InChI=1S/C15H12IN5O2/c16-11-4-6-12(7-5-11)18-15(22)9-23-14-3-1-2-13(8-14)21-10-17-19-20-21/h1-8,10H,9H2,(H,18,22). The summed E-state index contributed by atoms with van der Waals surface area (Å²) in [7, 11) is 0. The van der Waals surface area contributed by atoms with E-state index in [2.05, 4.69) is 43.4 Å². The van der Waals surface area contributed by atoms with Gasteiger partial charge in [-0.2, -0.15) is 0 Å². The number of nitrogens with one attached hydrogen (secondary N) is 1. The molecule has 23 heavy (non-hydrogen) atoms. The minimum atomic E-state index is -0.223. The maximum absolute atomic E-state index is 11.9. The van der Waals surface area contributed by atoms with Crippen LogP contribution in [-0.2, 0) is 4.79 Å². The van der Waals surface area contributed by atoms with Crippen LogP contribution in [0.4, 0.5) is 5.69 Å². The Morgan fingerprint density at radius 2 is 2.04 bits per heavy atom. The first-order valence-corrected chi connectivity index (χ1v) is 7.80. The Hall–Kier alpha value is -2.49. The minimum Gasteiger partial charge on any atom is -0.484 e. The van der Waals surface area contributed by atoms with E-state index in [0.29, 0.717) is 5.75 Å². The van der Waals surface area contributed by atoms with Crippen molar-refractivity contribution in [3.63, 3.8) is 0 Å². The van der Waals surface area contributed by atoms with Gasteiger partial charge in [0.15, 0.2) is 6.61 Å². The Morgan fingerprint density at radius 1 is 1.22 bits per heavy atom. The third kappa shape index (κ3) is 4.25. The number of amides is 1. The first-order chi connectivity index (χ1) is 11.2. The predicted molar refractivity (Wildman–Crippen MR) is 92.4 cm³/mol. The zero-order valence-electron chi connectivity index (χ0n) is 11.9. The summed E-state index contributed by atoms with van der Waals surface area (Å²) in [4.78, 5) is 11.9. The molecule has 3 aromatic rings. The van der Waals surface area contributed by atoms with Gasteiger partial charge in [-0.25, -0.2) is 4.68 Å². The van der Waals surface area contributed by atoms with E-state index in [1.165, 1.54) is 11.0 Å². The van der Waals surface area contributed by atoms with Gasteiger partial charge in [0.2, 0.25) is 0 Å². The van der Waals surface area contributed by atoms with Crippen LogP contribution < -0.4 is 10.1 Å². The number of carbonyl (C=O) groups excluding carboxylic acids is 1. The normalized spacial score (nSPS) is 10.3. The lowest BCUT2D eigenvalue weighted by atomic mass is 10.3. The van der Waals surface area contributed by atoms with E-state index in [4.69, 9.17) is 4.74 Å². The molecule has 0 saturated heterocycles. The number of hydrogen-bond donors (Lipinski definition) is 1. The molecule has 3 rings (SSSR count). The van der Waals surface area contributed by atoms with Crippen molar-refractivity contribution in [1.29, 1.82) is 0 Å². The van der Waals surface area contributed by atoms with Crippen LogP contribution in [0.15, 0.2) is 54.9 Å². The van der Waals surface area contributed by atoms with Gasteiger partial charge in [0.05, 0.1) is 5.69 Å². The first-order valence-electron chi connectivity index (χ1n) is 6.72. The van der Waals surface area contributed by atoms with Crippen LogP contribution in [0.25, 0.3) is 5.69 Å². The monoisotopic (exact) mass is 421 g/mol. The molecule has 7 nitrogen and oxygen atoms in total. The highest BCUT2D eigenvalue weighted by Crippen LogP contribution is 2.16. The molecule has 1 heterocycles. The fraction of sp³-hybridized carbons (Fsp3) is 0.0667. The molecule has 0 radical (unpaired) electrons. The van der Waals surface area contributed by atoms with Crippen molar-refractivity contribution in [2.75, 3.05) is 11.9 Å². The third-order valence-electron chi connectivity index (χ3n) is 2.93. The van der Waals surface area contributed by atoms with E-state index in [0.717, 1.165) is 14.9 Å². The molecule has 116 valence electrons. The second-order valence-electron chi connectivity index (χ2n) is 4.60. The molecule has 0 bridgehead atoms. The highest BCUT2D eigenvalue weighted by Gasteiger charge is 2.05. The van der Waals surface area contributed by atoms with Gasteiger partial charge in [-0.1, -0.05) is 6.07 Å². The van der Waals surface area contributed by atoms with Crippen molar-refractivity contribution < 1.29 is 9.53 Å². The molecule has 0 atom stereocenters. The molecule has 0 aliphatic rings. The summed E-state index contributed by atoms with van der Waals surface area (Å²) < 4.78 is 8.13. The van der Waals surface area contributed by atoms with Crippen molar-refractivity contribution in [1.82, 2.24) is 20.2 Å². The van der Waals surface area contributed by atoms with Crippen LogP contribution in [0.1, 0.15) is 0 Å². The second kappa shape index (κ2) is 7.18. The van der Waals surface area contributed by atoms with Gasteiger partial charge in [0.1, 0.15) is 12.1 Å². The summed E-state index contributed by atoms with van der Waals surface area (Å²) in [6.45, 7) is -0.0783. The maximum Gasteiger partial charge on any atom is 0.262 e. The Morgan fingerprint density at radius 3 is 2.78 bits per heavy atom. The smallest absolute Gasteiger partial charge is 0.262 e. The van der Waals surface area contributed by atoms with E-state index in [1.54, 1.807) is 12.1 Å². The summed E-state index contributed by atoms with van der Waals surface area (Å²) in [6, 6.07) is 14.7. The zero-order chi connectivity index (χ0) is 16.1. The van der Waals surface area contributed by atoms with E-state index in [1.807, 2.05) is 36.4 Å². The van der Waals surface area contributed by atoms with E-state index >= 15 is 0 Å². The molecule has 0 unspecified atom stereocenters. The molecular weight excluding hydrogens is 409 g/mol. The largest absolute Gasteiger partial charge is 0.484 e. The van der Waals surface area contributed by atoms with Crippen LogP contribution in [0.2, 0.25) is 0 Å². The molecule has 0 aliphatic heterocycles. The molecule has 1 N–H and O–H groups in total. The van der Waals surface area contributed by atoms with Gasteiger partial charge in [-0.15, -0.1) is 5.10 Å². The lowest BCUT2D eigenvalue weighted by Crippen LogP contribution is -2.20. The quantitative estimate of drug-likeness (QED) is 0.640. The Kier molecular flexibility index (Phi) is 4.81. The number of anilines is 1. The third-order valence-corrected chi connectivity index (χ3v) is 3.65. The average molecular weight is 421 g/mol. The highest BCUT2D eigenvalue weighted by atomic mass is 127. The van der Waals surface area contributed by atoms with Crippen LogP contribution in [0.3, 0.4) is 0 Å². The van der Waals surface area contributed by atoms with Crippen molar-refractivity contribution >= 4 is 34.2 Å². The fourth-order valence-electron chi connectivity index (χ4n) is 1.87. The van der Waals surface area contributed by atoms with E-state index < -0.39 is 0 Å². The van der Waals surface area contributed by atoms with Gasteiger partial charge >= 0.3 is 0 Å². The number of carbonyl (C=O) groups is 1. The number of hydrogen-bond acceptors (Lipinski definition) is 5. The highest BCUT2D eigenvalue weighted by molar-refractivity contribution is 14.1. The van der Waals surface area contributed by atoms with Gasteiger partial charge in [0, 0.05) is 15.3 Å². The van der Waals surface area contributed by atoms with Crippen LogP contribution >= 0.6 is 22.6 Å². The number of ether oxygens (including phenoxy) is 1. The number of rotatable bonds is 5. The fourth-order valence-corrected chi connectivity index (χ4v) is 2.23. The number of nitrogens with zero attached hydrogens (tertiary/aromatic N) is 4. The Bertz CT molecular complexity index is 790. The molecular formula is C15H12IN5O2. The summed E-state index contributed by atoms with van der Waals surface area (Å²) in [5.41, 5.74) is 1.49. The molecule has 1 amide bonds. The summed E-state index contributed by atoms with van der Waals surface area (Å²) in [5.74, 6) is 0.342. The van der Waals surface area contributed by atoms with Crippen LogP contribution in [0, 0.1) is 3.57 Å². The van der Waals surface area contributed by atoms with Crippen LogP contribution in [-0.4, -0.2) is 32.7 Å². The number of aromatic nitrogens is 4.